The number of hydrogen-bond donors (Lipinski definition) is 0. The molecule has 0 bridgehead atoms. The van der Waals surface area contributed by atoms with Crippen LogP contribution in [0.15, 0.2) is 24.3 Å². The molecule has 2 saturated heterocycles. The molecule has 6 heteroatoms. The van der Waals surface area contributed by atoms with E-state index in [9.17, 15) is 13.2 Å². The summed E-state index contributed by atoms with van der Waals surface area (Å²) in [6.45, 7) is 5.17. The van der Waals surface area contributed by atoms with Crippen LogP contribution in [0.3, 0.4) is 0 Å². The normalized spacial score (nSPS) is 25.5. The Labute approximate surface area is 131 Å². The van der Waals surface area contributed by atoms with Gasteiger partial charge in [0.25, 0.3) is 0 Å². The van der Waals surface area contributed by atoms with Crippen LogP contribution in [0, 0.1) is 0 Å². The summed E-state index contributed by atoms with van der Waals surface area (Å²) >= 11 is 3.79. The highest BCUT2D eigenvalue weighted by Crippen LogP contribution is 2.34. The summed E-state index contributed by atoms with van der Waals surface area (Å²) in [5.41, 5.74) is 0.318. The lowest BCUT2D eigenvalue weighted by Gasteiger charge is -2.45. The standard InChI is InChI=1S/C15H19BrF3N2/c16-14-2-1-9-21(14)10-7-20(8-11-21)13-5-3-12(4-6-13)15(17,18)19/h3-6,14H,1-2,7-11H2/q+1. The van der Waals surface area contributed by atoms with Crippen molar-refractivity contribution in [1.82, 2.24) is 0 Å². The summed E-state index contributed by atoms with van der Waals surface area (Å²) in [6, 6.07) is 5.54. The molecular weight excluding hydrogens is 345 g/mol. The monoisotopic (exact) mass is 363 g/mol. The van der Waals surface area contributed by atoms with Crippen molar-refractivity contribution in [3.63, 3.8) is 0 Å². The van der Waals surface area contributed by atoms with Gasteiger partial charge in [0.2, 0.25) is 0 Å². The third kappa shape index (κ3) is 2.93. The summed E-state index contributed by atoms with van der Waals surface area (Å²) in [5, 5.41) is 0. The highest BCUT2D eigenvalue weighted by Gasteiger charge is 2.42. The molecule has 2 aliphatic heterocycles. The first kappa shape index (κ1) is 15.2. The maximum absolute atomic E-state index is 12.6. The van der Waals surface area contributed by atoms with Gasteiger partial charge in [-0.15, -0.1) is 0 Å². The Balaban J connectivity index is 1.67. The smallest absolute Gasteiger partial charge is 0.360 e. The Morgan fingerprint density at radius 1 is 1.05 bits per heavy atom. The molecule has 2 fully saturated rings. The van der Waals surface area contributed by atoms with Crippen LogP contribution in [0.2, 0.25) is 0 Å². The van der Waals surface area contributed by atoms with E-state index in [2.05, 4.69) is 20.8 Å². The average Bonchev–Trinajstić information content (AvgIpc) is 2.80. The highest BCUT2D eigenvalue weighted by molar-refractivity contribution is 9.09. The lowest BCUT2D eigenvalue weighted by molar-refractivity contribution is -0.925. The molecule has 1 aromatic carbocycles. The lowest BCUT2D eigenvalue weighted by atomic mass is 10.1. The van der Waals surface area contributed by atoms with E-state index in [4.69, 9.17) is 0 Å². The average molecular weight is 364 g/mol. The van der Waals surface area contributed by atoms with Crippen LogP contribution < -0.4 is 4.90 Å². The molecule has 2 aliphatic rings. The lowest BCUT2D eigenvalue weighted by Crippen LogP contribution is -2.60. The Kier molecular flexibility index (Phi) is 3.94. The number of quaternary nitrogens is 1. The number of piperazine rings is 1. The minimum absolute atomic E-state index is 0.548. The van der Waals surface area contributed by atoms with E-state index in [-0.39, 0.29) is 0 Å². The summed E-state index contributed by atoms with van der Waals surface area (Å²) < 4.78 is 38.9. The van der Waals surface area contributed by atoms with Gasteiger partial charge in [-0.2, -0.15) is 13.2 Å². The zero-order chi connectivity index (χ0) is 15.1. The van der Waals surface area contributed by atoms with Crippen LogP contribution in [0.5, 0.6) is 0 Å². The Morgan fingerprint density at radius 3 is 2.14 bits per heavy atom. The van der Waals surface area contributed by atoms with Crippen molar-refractivity contribution in [3.05, 3.63) is 29.8 Å². The predicted octanol–water partition coefficient (Wildman–Crippen LogP) is 3.86. The first-order chi connectivity index (χ1) is 9.91. The minimum Gasteiger partial charge on any atom is -0.360 e. The summed E-state index contributed by atoms with van der Waals surface area (Å²) in [6.07, 6.45) is -1.77. The quantitative estimate of drug-likeness (QED) is 0.416. The van der Waals surface area contributed by atoms with E-state index in [1.54, 1.807) is 12.1 Å². The van der Waals surface area contributed by atoms with E-state index >= 15 is 0 Å². The molecule has 0 saturated carbocycles. The predicted molar refractivity (Wildman–Crippen MR) is 80.5 cm³/mol. The molecule has 0 radical (unpaired) electrons. The van der Waals surface area contributed by atoms with Gasteiger partial charge in [0, 0.05) is 18.5 Å². The zero-order valence-corrected chi connectivity index (χ0v) is 13.3. The van der Waals surface area contributed by atoms with Gasteiger partial charge >= 0.3 is 6.18 Å². The third-order valence-electron chi connectivity index (χ3n) is 4.83. The van der Waals surface area contributed by atoms with Gasteiger partial charge in [-0.3, -0.25) is 0 Å². The maximum atomic E-state index is 12.6. The molecule has 0 aliphatic carbocycles. The third-order valence-corrected chi connectivity index (χ3v) is 6.16. The summed E-state index contributed by atoms with van der Waals surface area (Å²) in [7, 11) is 0. The zero-order valence-electron chi connectivity index (χ0n) is 11.7. The number of anilines is 1. The Bertz CT molecular complexity index is 493. The van der Waals surface area contributed by atoms with Gasteiger partial charge in [0.15, 0.2) is 0 Å². The molecule has 21 heavy (non-hydrogen) atoms. The number of halogens is 4. The molecule has 1 spiro atoms. The molecule has 0 amide bonds. The largest absolute Gasteiger partial charge is 0.416 e. The second-order valence-electron chi connectivity index (χ2n) is 6.00. The number of nitrogens with zero attached hydrogens (tertiary/aromatic N) is 2. The van der Waals surface area contributed by atoms with E-state index in [0.717, 1.165) is 36.3 Å². The van der Waals surface area contributed by atoms with Crippen molar-refractivity contribution in [2.75, 3.05) is 37.6 Å². The van der Waals surface area contributed by atoms with Gasteiger partial charge in [0.1, 0.15) is 4.95 Å². The van der Waals surface area contributed by atoms with Crippen molar-refractivity contribution in [2.45, 2.75) is 24.0 Å². The number of rotatable bonds is 1. The van der Waals surface area contributed by atoms with E-state index in [1.165, 1.54) is 31.5 Å². The van der Waals surface area contributed by atoms with Gasteiger partial charge in [-0.05, 0) is 40.2 Å². The van der Waals surface area contributed by atoms with Gasteiger partial charge in [0.05, 0.1) is 38.3 Å². The molecule has 0 N–H and O–H groups in total. The second-order valence-corrected chi connectivity index (χ2v) is 7.05. The number of benzene rings is 1. The minimum atomic E-state index is -4.26. The van der Waals surface area contributed by atoms with Crippen LogP contribution >= 0.6 is 15.9 Å². The topological polar surface area (TPSA) is 3.24 Å². The second kappa shape index (κ2) is 5.47. The van der Waals surface area contributed by atoms with E-state index in [0.29, 0.717) is 4.95 Å². The molecule has 1 atom stereocenters. The number of hydrogen-bond acceptors (Lipinski definition) is 1. The van der Waals surface area contributed by atoms with Crippen molar-refractivity contribution >= 4 is 21.6 Å². The van der Waals surface area contributed by atoms with E-state index < -0.39 is 11.7 Å². The molecule has 1 unspecified atom stereocenters. The molecule has 1 aromatic rings. The molecule has 2 heterocycles. The fourth-order valence-corrected chi connectivity index (χ4v) is 4.41. The summed E-state index contributed by atoms with van der Waals surface area (Å²) in [5.74, 6) is 0. The first-order valence-corrected chi connectivity index (χ1v) is 8.24. The van der Waals surface area contributed by atoms with Crippen LogP contribution in [0.25, 0.3) is 0 Å². The SMILES string of the molecule is FC(F)(F)c1ccc(N2CC[N+]3(CCCC3Br)CC2)cc1. The Morgan fingerprint density at radius 2 is 1.67 bits per heavy atom. The van der Waals surface area contributed by atoms with Crippen LogP contribution in [-0.4, -0.2) is 42.2 Å². The fraction of sp³-hybridized carbons (Fsp3) is 0.600. The molecular formula is C15H19BrF3N2+. The molecule has 0 aromatic heterocycles. The van der Waals surface area contributed by atoms with Crippen molar-refractivity contribution < 1.29 is 17.7 Å². The van der Waals surface area contributed by atoms with E-state index in [1.807, 2.05) is 0 Å². The van der Waals surface area contributed by atoms with Crippen molar-refractivity contribution in [2.24, 2.45) is 0 Å². The first-order valence-electron chi connectivity index (χ1n) is 7.33. The molecule has 116 valence electrons. The summed E-state index contributed by atoms with van der Waals surface area (Å²) in [4.78, 5) is 2.74. The van der Waals surface area contributed by atoms with Gasteiger partial charge in [-0.25, -0.2) is 0 Å². The number of alkyl halides is 4. The van der Waals surface area contributed by atoms with Gasteiger partial charge < -0.3 is 9.38 Å². The van der Waals surface area contributed by atoms with Crippen LogP contribution in [0.1, 0.15) is 18.4 Å². The van der Waals surface area contributed by atoms with Crippen LogP contribution in [0.4, 0.5) is 18.9 Å². The molecule has 3 rings (SSSR count). The van der Waals surface area contributed by atoms with Crippen molar-refractivity contribution in [1.29, 1.82) is 0 Å². The van der Waals surface area contributed by atoms with Crippen molar-refractivity contribution in [3.8, 4) is 0 Å². The van der Waals surface area contributed by atoms with Crippen LogP contribution in [-0.2, 0) is 6.18 Å². The Hall–Kier alpha value is -0.750. The fourth-order valence-electron chi connectivity index (χ4n) is 3.48. The molecule has 2 nitrogen and oxygen atoms in total. The highest BCUT2D eigenvalue weighted by atomic mass is 79.9. The maximum Gasteiger partial charge on any atom is 0.416 e. The van der Waals surface area contributed by atoms with Gasteiger partial charge in [-0.1, -0.05) is 0 Å².